The van der Waals surface area contributed by atoms with Crippen molar-refractivity contribution in [2.75, 3.05) is 19.0 Å². The molecular weight excluding hydrogens is 488 g/mol. The molecule has 11 nitrogen and oxygen atoms in total. The Labute approximate surface area is 208 Å². The quantitative estimate of drug-likeness (QED) is 0.266. The standard InChI is InChI=1S/C24H18N4O7S/c1-34-19-11-15(7-9-18(19)35-22-10-8-17(13-25-22)28(32)33)12-20-23(30)27(24(31)36-20)14-21(29)26-16-5-3-2-4-6-16/h2-13H,14H2,1H3,(H,26,29). The number of hydrogen-bond donors (Lipinski definition) is 1. The van der Waals surface area contributed by atoms with Crippen molar-refractivity contribution >= 4 is 46.3 Å². The Balaban J connectivity index is 1.46. The Morgan fingerprint density at radius 3 is 2.58 bits per heavy atom. The second kappa shape index (κ2) is 10.7. The van der Waals surface area contributed by atoms with E-state index >= 15 is 0 Å². The SMILES string of the molecule is COc1cc(C=C2SC(=O)N(CC(=O)Nc3ccccc3)C2=O)ccc1Oc1ccc([N+](=O)[O-])cn1. The molecule has 1 N–H and O–H groups in total. The number of carbonyl (C=O) groups excluding carboxylic acids is 3. The van der Waals surface area contributed by atoms with Crippen molar-refractivity contribution in [3.05, 3.63) is 87.4 Å². The van der Waals surface area contributed by atoms with Crippen LogP contribution in [-0.2, 0) is 9.59 Å². The van der Waals surface area contributed by atoms with Crippen LogP contribution in [0.15, 0.2) is 71.8 Å². The number of pyridine rings is 1. The van der Waals surface area contributed by atoms with Crippen molar-refractivity contribution in [1.29, 1.82) is 0 Å². The number of benzene rings is 2. The zero-order valence-corrected chi connectivity index (χ0v) is 19.6. The van der Waals surface area contributed by atoms with Gasteiger partial charge in [0, 0.05) is 17.8 Å². The first-order valence-corrected chi connectivity index (χ1v) is 11.2. The van der Waals surface area contributed by atoms with Gasteiger partial charge in [0.25, 0.3) is 16.8 Å². The fourth-order valence-electron chi connectivity index (χ4n) is 3.17. The molecule has 1 saturated heterocycles. The molecule has 1 aromatic heterocycles. The molecule has 2 aromatic carbocycles. The summed E-state index contributed by atoms with van der Waals surface area (Å²) >= 11 is 0.730. The molecule has 0 saturated carbocycles. The van der Waals surface area contributed by atoms with Crippen LogP contribution >= 0.6 is 11.8 Å². The Morgan fingerprint density at radius 2 is 1.92 bits per heavy atom. The molecule has 0 atom stereocenters. The number of para-hydroxylation sites is 1. The summed E-state index contributed by atoms with van der Waals surface area (Å²) in [6, 6.07) is 16.1. The van der Waals surface area contributed by atoms with Crippen LogP contribution < -0.4 is 14.8 Å². The summed E-state index contributed by atoms with van der Waals surface area (Å²) in [4.78, 5) is 52.6. The van der Waals surface area contributed by atoms with Crippen LogP contribution in [-0.4, -0.2) is 45.5 Å². The molecule has 36 heavy (non-hydrogen) atoms. The van der Waals surface area contributed by atoms with E-state index in [1.54, 1.807) is 48.5 Å². The second-order valence-electron chi connectivity index (χ2n) is 7.31. The van der Waals surface area contributed by atoms with E-state index < -0.39 is 28.5 Å². The van der Waals surface area contributed by atoms with E-state index in [0.29, 0.717) is 22.7 Å². The number of imide groups is 1. The Bertz CT molecular complexity index is 1360. The Hall–Kier alpha value is -4.71. The summed E-state index contributed by atoms with van der Waals surface area (Å²) in [7, 11) is 1.43. The summed E-state index contributed by atoms with van der Waals surface area (Å²) in [5.74, 6) is -0.344. The molecule has 3 aromatic rings. The average Bonchev–Trinajstić information content (AvgIpc) is 3.13. The predicted molar refractivity (Wildman–Crippen MR) is 132 cm³/mol. The maximum atomic E-state index is 12.8. The highest BCUT2D eigenvalue weighted by Crippen LogP contribution is 2.36. The van der Waals surface area contributed by atoms with E-state index in [1.807, 2.05) is 0 Å². The van der Waals surface area contributed by atoms with Crippen molar-refractivity contribution < 1.29 is 28.8 Å². The van der Waals surface area contributed by atoms with E-state index in [-0.39, 0.29) is 16.5 Å². The Morgan fingerprint density at radius 1 is 1.14 bits per heavy atom. The molecule has 1 fully saturated rings. The fraction of sp³-hybridized carbons (Fsp3) is 0.0833. The number of methoxy groups -OCH3 is 1. The second-order valence-corrected chi connectivity index (χ2v) is 8.30. The van der Waals surface area contributed by atoms with Crippen LogP contribution in [0.1, 0.15) is 5.56 Å². The van der Waals surface area contributed by atoms with Crippen LogP contribution in [0.2, 0.25) is 0 Å². The maximum absolute atomic E-state index is 12.8. The lowest BCUT2D eigenvalue weighted by Gasteiger charge is -2.12. The van der Waals surface area contributed by atoms with Gasteiger partial charge in [-0.15, -0.1) is 0 Å². The predicted octanol–water partition coefficient (Wildman–Crippen LogP) is 4.47. The highest BCUT2D eigenvalue weighted by atomic mass is 32.2. The minimum atomic E-state index is -0.581. The van der Waals surface area contributed by atoms with Gasteiger partial charge in [-0.05, 0) is 47.7 Å². The van der Waals surface area contributed by atoms with Gasteiger partial charge >= 0.3 is 0 Å². The normalized spacial score (nSPS) is 14.1. The van der Waals surface area contributed by atoms with Gasteiger partial charge < -0.3 is 14.8 Å². The van der Waals surface area contributed by atoms with Crippen molar-refractivity contribution in [2.24, 2.45) is 0 Å². The van der Waals surface area contributed by atoms with E-state index in [0.717, 1.165) is 22.9 Å². The molecule has 4 rings (SSSR count). The topological polar surface area (TPSA) is 141 Å². The molecule has 2 heterocycles. The third kappa shape index (κ3) is 5.67. The average molecular weight is 506 g/mol. The highest BCUT2D eigenvalue weighted by Gasteiger charge is 2.36. The van der Waals surface area contributed by atoms with Crippen molar-refractivity contribution in [3.8, 4) is 17.4 Å². The summed E-state index contributed by atoms with van der Waals surface area (Å²) in [6.07, 6.45) is 2.59. The number of rotatable bonds is 8. The number of anilines is 1. The largest absolute Gasteiger partial charge is 0.493 e. The van der Waals surface area contributed by atoms with Crippen molar-refractivity contribution in [3.63, 3.8) is 0 Å². The third-order valence-corrected chi connectivity index (χ3v) is 5.77. The fourth-order valence-corrected chi connectivity index (χ4v) is 4.00. The lowest BCUT2D eigenvalue weighted by atomic mass is 10.2. The third-order valence-electron chi connectivity index (χ3n) is 4.86. The number of ether oxygens (including phenoxy) is 2. The number of nitrogens with one attached hydrogen (secondary N) is 1. The minimum Gasteiger partial charge on any atom is -0.493 e. The van der Waals surface area contributed by atoms with Crippen molar-refractivity contribution in [2.45, 2.75) is 0 Å². The molecule has 12 heteroatoms. The first-order valence-electron chi connectivity index (χ1n) is 10.4. The van der Waals surface area contributed by atoms with Gasteiger partial charge in [0.1, 0.15) is 12.7 Å². The number of thioether (sulfide) groups is 1. The van der Waals surface area contributed by atoms with Gasteiger partial charge in [0.05, 0.1) is 16.9 Å². The van der Waals surface area contributed by atoms with Crippen molar-refractivity contribution in [1.82, 2.24) is 9.88 Å². The molecule has 0 radical (unpaired) electrons. The lowest BCUT2D eigenvalue weighted by Crippen LogP contribution is -2.36. The van der Waals surface area contributed by atoms with Crippen LogP contribution in [0.25, 0.3) is 6.08 Å². The molecule has 182 valence electrons. The first-order chi connectivity index (χ1) is 17.3. The number of nitrogens with zero attached hydrogens (tertiary/aromatic N) is 3. The molecule has 1 aliphatic rings. The van der Waals surface area contributed by atoms with Gasteiger partial charge in [-0.3, -0.25) is 29.4 Å². The van der Waals surface area contributed by atoms with Crippen LogP contribution in [0.3, 0.4) is 0 Å². The number of hydrogen-bond acceptors (Lipinski definition) is 9. The van der Waals surface area contributed by atoms with Gasteiger partial charge in [-0.2, -0.15) is 0 Å². The zero-order chi connectivity index (χ0) is 25.7. The van der Waals surface area contributed by atoms with E-state index in [9.17, 15) is 24.5 Å². The lowest BCUT2D eigenvalue weighted by molar-refractivity contribution is -0.385. The number of aromatic nitrogens is 1. The number of nitro groups is 1. The summed E-state index contributed by atoms with van der Waals surface area (Å²) in [5.41, 5.74) is 0.939. The molecule has 0 spiro atoms. The van der Waals surface area contributed by atoms with Gasteiger partial charge in [0.2, 0.25) is 11.8 Å². The van der Waals surface area contributed by atoms with Gasteiger partial charge in [0.15, 0.2) is 11.5 Å². The first kappa shape index (κ1) is 24.4. The molecule has 0 aliphatic carbocycles. The highest BCUT2D eigenvalue weighted by molar-refractivity contribution is 8.18. The number of amides is 3. The molecule has 3 amide bonds. The van der Waals surface area contributed by atoms with E-state index in [2.05, 4.69) is 10.3 Å². The van der Waals surface area contributed by atoms with Gasteiger partial charge in [-0.25, -0.2) is 4.98 Å². The summed E-state index contributed by atoms with van der Waals surface area (Å²) in [6.45, 7) is -0.408. The van der Waals surface area contributed by atoms with E-state index in [1.165, 1.54) is 25.3 Å². The maximum Gasteiger partial charge on any atom is 0.294 e. The van der Waals surface area contributed by atoms with Crippen LogP contribution in [0, 0.1) is 10.1 Å². The van der Waals surface area contributed by atoms with E-state index in [4.69, 9.17) is 9.47 Å². The Kier molecular flexibility index (Phi) is 7.25. The van der Waals surface area contributed by atoms with Gasteiger partial charge in [-0.1, -0.05) is 24.3 Å². The van der Waals surface area contributed by atoms with Crippen LogP contribution in [0.4, 0.5) is 16.2 Å². The zero-order valence-electron chi connectivity index (χ0n) is 18.7. The smallest absolute Gasteiger partial charge is 0.294 e. The summed E-state index contributed by atoms with van der Waals surface area (Å²) < 4.78 is 11.0. The minimum absolute atomic E-state index is 0.126. The summed E-state index contributed by atoms with van der Waals surface area (Å²) in [5, 5.41) is 12.9. The molecule has 1 aliphatic heterocycles. The molecule has 0 bridgehead atoms. The number of carbonyl (C=O) groups is 3. The molecular formula is C24H18N4O7S. The molecule has 0 unspecified atom stereocenters. The van der Waals surface area contributed by atoms with Crippen LogP contribution in [0.5, 0.6) is 17.4 Å². The monoisotopic (exact) mass is 506 g/mol.